The number of nitrogens with zero attached hydrogens (tertiary/aromatic N) is 1. The van der Waals surface area contributed by atoms with Crippen molar-refractivity contribution >= 4 is 21.9 Å². The van der Waals surface area contributed by atoms with Crippen LogP contribution in [0.25, 0.3) is 0 Å². The molecule has 0 aliphatic carbocycles. The Morgan fingerprint density at radius 2 is 2.19 bits per heavy atom. The summed E-state index contributed by atoms with van der Waals surface area (Å²) in [6, 6.07) is 1.69. The number of rotatable bonds is 2. The van der Waals surface area contributed by atoms with Crippen LogP contribution in [0.2, 0.25) is 0 Å². The van der Waals surface area contributed by atoms with Crippen molar-refractivity contribution in [1.82, 2.24) is 4.98 Å². The SMILES string of the molecule is CC(C)(C)OC(=O)c1cnc(Br)c(CN)c1. The van der Waals surface area contributed by atoms with Gasteiger partial charge in [0.05, 0.1) is 5.56 Å². The summed E-state index contributed by atoms with van der Waals surface area (Å²) in [5.41, 5.74) is 6.21. The lowest BCUT2D eigenvalue weighted by Crippen LogP contribution is -2.24. The van der Waals surface area contributed by atoms with Gasteiger partial charge in [-0.2, -0.15) is 0 Å². The molecule has 0 aromatic carbocycles. The van der Waals surface area contributed by atoms with Crippen molar-refractivity contribution < 1.29 is 9.53 Å². The van der Waals surface area contributed by atoms with E-state index in [4.69, 9.17) is 10.5 Å². The summed E-state index contributed by atoms with van der Waals surface area (Å²) in [7, 11) is 0. The molecule has 1 rings (SSSR count). The molecule has 0 bridgehead atoms. The Morgan fingerprint density at radius 3 is 2.69 bits per heavy atom. The lowest BCUT2D eigenvalue weighted by atomic mass is 10.1. The minimum Gasteiger partial charge on any atom is -0.456 e. The minimum absolute atomic E-state index is 0.324. The molecule has 0 atom stereocenters. The van der Waals surface area contributed by atoms with Crippen molar-refractivity contribution in [2.24, 2.45) is 5.73 Å². The highest BCUT2D eigenvalue weighted by atomic mass is 79.9. The van der Waals surface area contributed by atoms with E-state index in [-0.39, 0.29) is 5.97 Å². The lowest BCUT2D eigenvalue weighted by Gasteiger charge is -2.19. The maximum atomic E-state index is 11.7. The number of carbonyl (C=O) groups excluding carboxylic acids is 1. The minimum atomic E-state index is -0.507. The average Bonchev–Trinajstić information content (AvgIpc) is 2.15. The fourth-order valence-electron chi connectivity index (χ4n) is 1.09. The molecule has 0 aliphatic heterocycles. The van der Waals surface area contributed by atoms with E-state index in [0.29, 0.717) is 16.7 Å². The highest BCUT2D eigenvalue weighted by molar-refractivity contribution is 9.10. The van der Waals surface area contributed by atoms with Gasteiger partial charge in [-0.3, -0.25) is 0 Å². The van der Waals surface area contributed by atoms with E-state index in [9.17, 15) is 4.79 Å². The number of ether oxygens (including phenoxy) is 1. The van der Waals surface area contributed by atoms with E-state index in [2.05, 4.69) is 20.9 Å². The van der Waals surface area contributed by atoms with Crippen LogP contribution >= 0.6 is 15.9 Å². The Bertz CT molecular complexity index is 399. The molecule has 16 heavy (non-hydrogen) atoms. The molecule has 0 amide bonds. The smallest absolute Gasteiger partial charge is 0.340 e. The van der Waals surface area contributed by atoms with Gasteiger partial charge in [-0.05, 0) is 48.3 Å². The normalized spacial score (nSPS) is 11.3. The number of pyridine rings is 1. The predicted octanol–water partition coefficient (Wildman–Crippen LogP) is 2.26. The van der Waals surface area contributed by atoms with Crippen molar-refractivity contribution in [3.8, 4) is 0 Å². The van der Waals surface area contributed by atoms with Crippen molar-refractivity contribution in [2.45, 2.75) is 32.9 Å². The summed E-state index contributed by atoms with van der Waals surface area (Å²) in [5.74, 6) is -0.387. The van der Waals surface area contributed by atoms with E-state index in [1.54, 1.807) is 6.07 Å². The van der Waals surface area contributed by atoms with Gasteiger partial charge in [-0.25, -0.2) is 9.78 Å². The summed E-state index contributed by atoms with van der Waals surface area (Å²) in [4.78, 5) is 15.8. The molecule has 1 heterocycles. The van der Waals surface area contributed by atoms with Crippen LogP contribution in [0.15, 0.2) is 16.9 Å². The monoisotopic (exact) mass is 286 g/mol. The first kappa shape index (κ1) is 13.1. The number of aromatic nitrogens is 1. The number of nitrogens with two attached hydrogens (primary N) is 1. The van der Waals surface area contributed by atoms with Crippen LogP contribution in [-0.2, 0) is 11.3 Å². The number of carbonyl (C=O) groups is 1. The molecule has 1 aromatic heterocycles. The van der Waals surface area contributed by atoms with Gasteiger partial charge >= 0.3 is 5.97 Å². The molecule has 0 fully saturated rings. The van der Waals surface area contributed by atoms with Crippen molar-refractivity contribution in [3.05, 3.63) is 28.0 Å². The van der Waals surface area contributed by atoms with Gasteiger partial charge in [-0.15, -0.1) is 0 Å². The van der Waals surface area contributed by atoms with Gasteiger partial charge in [0.2, 0.25) is 0 Å². The molecule has 0 saturated carbocycles. The molecular weight excluding hydrogens is 272 g/mol. The first-order chi connectivity index (χ1) is 7.33. The first-order valence-electron chi connectivity index (χ1n) is 4.91. The quantitative estimate of drug-likeness (QED) is 0.669. The molecule has 88 valence electrons. The first-order valence-corrected chi connectivity index (χ1v) is 5.70. The van der Waals surface area contributed by atoms with Crippen LogP contribution in [0, 0.1) is 0 Å². The fraction of sp³-hybridized carbons (Fsp3) is 0.455. The number of halogens is 1. The van der Waals surface area contributed by atoms with Gasteiger partial charge in [0.25, 0.3) is 0 Å². The molecule has 0 spiro atoms. The zero-order chi connectivity index (χ0) is 12.3. The highest BCUT2D eigenvalue weighted by Gasteiger charge is 2.18. The third-order valence-corrected chi connectivity index (χ3v) is 2.48. The summed E-state index contributed by atoms with van der Waals surface area (Å²) >= 11 is 3.26. The van der Waals surface area contributed by atoms with Crippen LogP contribution in [0.5, 0.6) is 0 Å². The Kier molecular flexibility index (Phi) is 4.04. The highest BCUT2D eigenvalue weighted by Crippen LogP contribution is 2.17. The summed E-state index contributed by atoms with van der Waals surface area (Å²) in [6.07, 6.45) is 1.47. The van der Waals surface area contributed by atoms with Crippen molar-refractivity contribution in [1.29, 1.82) is 0 Å². The van der Waals surface area contributed by atoms with Gasteiger partial charge in [0, 0.05) is 12.7 Å². The van der Waals surface area contributed by atoms with Crippen LogP contribution in [0.1, 0.15) is 36.7 Å². The second-order valence-electron chi connectivity index (χ2n) is 4.38. The fourth-order valence-corrected chi connectivity index (χ4v) is 1.46. The number of hydrogen-bond donors (Lipinski definition) is 1. The Morgan fingerprint density at radius 1 is 1.56 bits per heavy atom. The van der Waals surface area contributed by atoms with E-state index in [1.165, 1.54) is 6.20 Å². The average molecular weight is 287 g/mol. The van der Waals surface area contributed by atoms with Crippen LogP contribution in [0.3, 0.4) is 0 Å². The van der Waals surface area contributed by atoms with Gasteiger partial charge in [0.1, 0.15) is 10.2 Å². The summed E-state index contributed by atoms with van der Waals surface area (Å²) in [5, 5.41) is 0. The Balaban J connectivity index is 2.93. The largest absolute Gasteiger partial charge is 0.456 e. The van der Waals surface area contributed by atoms with E-state index in [0.717, 1.165) is 5.56 Å². The second kappa shape index (κ2) is 4.93. The topological polar surface area (TPSA) is 65.2 Å². The molecule has 2 N–H and O–H groups in total. The second-order valence-corrected chi connectivity index (χ2v) is 5.13. The summed E-state index contributed by atoms with van der Waals surface area (Å²) in [6.45, 7) is 5.79. The van der Waals surface area contributed by atoms with Crippen molar-refractivity contribution in [2.75, 3.05) is 0 Å². The Hall–Kier alpha value is -0.940. The van der Waals surface area contributed by atoms with Crippen LogP contribution in [0.4, 0.5) is 0 Å². The number of esters is 1. The number of hydrogen-bond acceptors (Lipinski definition) is 4. The summed E-state index contributed by atoms with van der Waals surface area (Å²) < 4.78 is 5.88. The zero-order valence-corrected chi connectivity index (χ0v) is 11.2. The maximum absolute atomic E-state index is 11.7. The van der Waals surface area contributed by atoms with Crippen LogP contribution in [-0.4, -0.2) is 16.6 Å². The molecule has 0 radical (unpaired) electrons. The van der Waals surface area contributed by atoms with E-state index in [1.807, 2.05) is 20.8 Å². The van der Waals surface area contributed by atoms with E-state index >= 15 is 0 Å². The van der Waals surface area contributed by atoms with Crippen LogP contribution < -0.4 is 5.73 Å². The molecule has 0 unspecified atom stereocenters. The predicted molar refractivity (Wildman–Crippen MR) is 65.0 cm³/mol. The zero-order valence-electron chi connectivity index (χ0n) is 9.58. The van der Waals surface area contributed by atoms with Gasteiger partial charge < -0.3 is 10.5 Å². The molecule has 5 heteroatoms. The van der Waals surface area contributed by atoms with E-state index < -0.39 is 5.60 Å². The standard InChI is InChI=1S/C11H15BrN2O2/c1-11(2,3)16-10(15)8-4-7(5-13)9(12)14-6-8/h4,6H,5,13H2,1-3H3. The van der Waals surface area contributed by atoms with Gasteiger partial charge in [0.15, 0.2) is 0 Å². The molecular formula is C11H15BrN2O2. The molecule has 0 saturated heterocycles. The third-order valence-electron chi connectivity index (χ3n) is 1.77. The Labute approximate surface area is 103 Å². The van der Waals surface area contributed by atoms with Crippen molar-refractivity contribution in [3.63, 3.8) is 0 Å². The molecule has 4 nitrogen and oxygen atoms in total. The molecule has 0 aliphatic rings. The maximum Gasteiger partial charge on any atom is 0.340 e. The lowest BCUT2D eigenvalue weighted by molar-refractivity contribution is 0.00689. The molecule has 1 aromatic rings. The van der Waals surface area contributed by atoms with Gasteiger partial charge in [-0.1, -0.05) is 0 Å². The third kappa shape index (κ3) is 3.57.